The topological polar surface area (TPSA) is 55.8 Å². The van der Waals surface area contributed by atoms with Crippen molar-refractivity contribution < 1.29 is 17.9 Å². The standard InChI is InChI=1S/C18H23NO4S2/c1-13-10-15(22-3)7-9-18(13)25(20,21)19(2)12-14-6-8-17(24-5)16(11-14)23-4/h6-11H,12H2,1-5H3. The van der Waals surface area contributed by atoms with Crippen LogP contribution >= 0.6 is 11.8 Å². The summed E-state index contributed by atoms with van der Waals surface area (Å²) in [5, 5.41) is 0. The molecule has 0 aliphatic carbocycles. The average Bonchev–Trinajstić information content (AvgIpc) is 2.60. The summed E-state index contributed by atoms with van der Waals surface area (Å²) in [5.41, 5.74) is 1.52. The number of benzene rings is 2. The highest BCUT2D eigenvalue weighted by Gasteiger charge is 2.23. The molecule has 0 amide bonds. The maximum absolute atomic E-state index is 12.9. The molecule has 0 unspecified atom stereocenters. The van der Waals surface area contributed by atoms with Gasteiger partial charge in [0.1, 0.15) is 11.5 Å². The first kappa shape index (κ1) is 19.6. The quantitative estimate of drug-likeness (QED) is 0.687. The minimum absolute atomic E-state index is 0.263. The summed E-state index contributed by atoms with van der Waals surface area (Å²) in [4.78, 5) is 1.30. The van der Waals surface area contributed by atoms with Gasteiger partial charge in [-0.25, -0.2) is 8.42 Å². The van der Waals surface area contributed by atoms with Crippen molar-refractivity contribution in [3.05, 3.63) is 47.5 Å². The highest BCUT2D eigenvalue weighted by atomic mass is 32.2. The van der Waals surface area contributed by atoms with Crippen molar-refractivity contribution in [3.63, 3.8) is 0 Å². The van der Waals surface area contributed by atoms with Crippen LogP contribution in [0.25, 0.3) is 0 Å². The number of aryl methyl sites for hydroxylation is 1. The Kier molecular flexibility index (Phi) is 6.37. The van der Waals surface area contributed by atoms with Crippen LogP contribution in [-0.2, 0) is 16.6 Å². The van der Waals surface area contributed by atoms with Gasteiger partial charge in [0, 0.05) is 18.5 Å². The highest BCUT2D eigenvalue weighted by Crippen LogP contribution is 2.30. The van der Waals surface area contributed by atoms with Gasteiger partial charge < -0.3 is 9.47 Å². The molecule has 0 atom stereocenters. The second kappa shape index (κ2) is 8.12. The van der Waals surface area contributed by atoms with Crippen molar-refractivity contribution in [3.8, 4) is 11.5 Å². The molecule has 0 aliphatic heterocycles. The number of rotatable bonds is 7. The average molecular weight is 382 g/mol. The summed E-state index contributed by atoms with van der Waals surface area (Å²) in [6.07, 6.45) is 1.97. The summed E-state index contributed by atoms with van der Waals surface area (Å²) in [7, 11) is 1.15. The van der Waals surface area contributed by atoms with Gasteiger partial charge in [-0.2, -0.15) is 4.31 Å². The Labute approximate surface area is 154 Å². The van der Waals surface area contributed by atoms with Crippen LogP contribution in [0, 0.1) is 6.92 Å². The summed E-state index contributed by atoms with van der Waals surface area (Å²) in [6, 6.07) is 10.7. The van der Waals surface area contributed by atoms with E-state index in [1.807, 2.05) is 24.5 Å². The van der Waals surface area contributed by atoms with E-state index in [-0.39, 0.29) is 11.4 Å². The second-order valence-electron chi connectivity index (χ2n) is 5.58. The number of nitrogens with zero attached hydrogens (tertiary/aromatic N) is 1. The van der Waals surface area contributed by atoms with E-state index in [4.69, 9.17) is 9.47 Å². The molecule has 2 rings (SSSR count). The van der Waals surface area contributed by atoms with Crippen molar-refractivity contribution >= 4 is 21.8 Å². The van der Waals surface area contributed by atoms with Gasteiger partial charge in [-0.15, -0.1) is 11.8 Å². The lowest BCUT2D eigenvalue weighted by atomic mass is 10.2. The maximum atomic E-state index is 12.9. The van der Waals surface area contributed by atoms with Crippen LogP contribution in [0.15, 0.2) is 46.2 Å². The molecule has 0 heterocycles. The van der Waals surface area contributed by atoms with Crippen molar-refractivity contribution in [1.29, 1.82) is 0 Å². The molecular weight excluding hydrogens is 358 g/mol. The van der Waals surface area contributed by atoms with Crippen LogP contribution in [0.3, 0.4) is 0 Å². The van der Waals surface area contributed by atoms with E-state index < -0.39 is 10.0 Å². The molecule has 0 spiro atoms. The van der Waals surface area contributed by atoms with E-state index in [2.05, 4.69) is 0 Å². The third-order valence-electron chi connectivity index (χ3n) is 3.92. The van der Waals surface area contributed by atoms with Gasteiger partial charge in [-0.1, -0.05) is 6.07 Å². The molecule has 25 heavy (non-hydrogen) atoms. The van der Waals surface area contributed by atoms with Gasteiger partial charge in [-0.05, 0) is 54.6 Å². The fraction of sp³-hybridized carbons (Fsp3) is 0.333. The molecule has 2 aromatic carbocycles. The van der Waals surface area contributed by atoms with E-state index in [1.165, 1.54) is 4.31 Å². The van der Waals surface area contributed by atoms with Crippen LogP contribution in [0.2, 0.25) is 0 Å². The molecule has 0 N–H and O–H groups in total. The third kappa shape index (κ3) is 4.29. The number of hydrogen-bond acceptors (Lipinski definition) is 5. The fourth-order valence-electron chi connectivity index (χ4n) is 2.53. The Bertz CT molecular complexity index is 850. The molecule has 0 saturated heterocycles. The number of sulfonamides is 1. The molecule has 0 aliphatic rings. The lowest BCUT2D eigenvalue weighted by molar-refractivity contribution is 0.402. The second-order valence-corrected chi connectivity index (χ2v) is 8.44. The first-order valence-corrected chi connectivity index (χ1v) is 10.3. The molecule has 5 nitrogen and oxygen atoms in total. The monoisotopic (exact) mass is 381 g/mol. The minimum atomic E-state index is -3.60. The van der Waals surface area contributed by atoms with Crippen molar-refractivity contribution in [2.45, 2.75) is 23.3 Å². The molecule has 0 saturated carbocycles. The van der Waals surface area contributed by atoms with Gasteiger partial charge in [0.2, 0.25) is 10.0 Å². The predicted octanol–water partition coefficient (Wildman–Crippen LogP) is 3.55. The molecular formula is C18H23NO4S2. The number of thioether (sulfide) groups is 1. The van der Waals surface area contributed by atoms with Gasteiger partial charge in [-0.3, -0.25) is 0 Å². The smallest absolute Gasteiger partial charge is 0.243 e. The van der Waals surface area contributed by atoms with Crippen molar-refractivity contribution in [2.75, 3.05) is 27.5 Å². The molecule has 2 aromatic rings. The summed E-state index contributed by atoms with van der Waals surface area (Å²) in [5.74, 6) is 1.38. The zero-order valence-electron chi connectivity index (χ0n) is 15.1. The first-order chi connectivity index (χ1) is 11.8. The van der Waals surface area contributed by atoms with Crippen LogP contribution < -0.4 is 9.47 Å². The number of hydrogen-bond donors (Lipinski definition) is 0. The lowest BCUT2D eigenvalue weighted by Gasteiger charge is -2.19. The van der Waals surface area contributed by atoms with Crippen molar-refractivity contribution in [2.24, 2.45) is 0 Å². The first-order valence-electron chi connectivity index (χ1n) is 7.65. The van der Waals surface area contributed by atoms with E-state index in [0.29, 0.717) is 11.3 Å². The Balaban J connectivity index is 2.29. The normalized spacial score (nSPS) is 11.6. The summed E-state index contributed by atoms with van der Waals surface area (Å²) >= 11 is 1.59. The Morgan fingerprint density at radius 2 is 1.80 bits per heavy atom. The summed E-state index contributed by atoms with van der Waals surface area (Å²) in [6.45, 7) is 2.03. The fourth-order valence-corrected chi connectivity index (χ4v) is 4.44. The van der Waals surface area contributed by atoms with Gasteiger partial charge in [0.15, 0.2) is 0 Å². The van der Waals surface area contributed by atoms with Gasteiger partial charge in [0.05, 0.1) is 19.1 Å². The lowest BCUT2D eigenvalue weighted by Crippen LogP contribution is -2.27. The maximum Gasteiger partial charge on any atom is 0.243 e. The molecule has 136 valence electrons. The van der Waals surface area contributed by atoms with E-state index in [9.17, 15) is 8.42 Å². The molecule has 0 fully saturated rings. The number of ether oxygens (including phenoxy) is 2. The molecule has 0 bridgehead atoms. The minimum Gasteiger partial charge on any atom is -0.497 e. The zero-order valence-corrected chi connectivity index (χ0v) is 16.7. The van der Waals surface area contributed by atoms with E-state index in [0.717, 1.165) is 16.2 Å². The largest absolute Gasteiger partial charge is 0.497 e. The Morgan fingerprint density at radius 3 is 2.36 bits per heavy atom. The molecule has 0 radical (unpaired) electrons. The van der Waals surface area contributed by atoms with Crippen LogP contribution in [-0.4, -0.2) is 40.2 Å². The Hall–Kier alpha value is -1.70. The van der Waals surface area contributed by atoms with E-state index >= 15 is 0 Å². The van der Waals surface area contributed by atoms with E-state index in [1.54, 1.807) is 58.2 Å². The molecule has 0 aromatic heterocycles. The van der Waals surface area contributed by atoms with Crippen LogP contribution in [0.5, 0.6) is 11.5 Å². The third-order valence-corrected chi connectivity index (χ3v) is 6.66. The van der Waals surface area contributed by atoms with Crippen LogP contribution in [0.4, 0.5) is 0 Å². The molecule has 7 heteroatoms. The van der Waals surface area contributed by atoms with Gasteiger partial charge in [0.25, 0.3) is 0 Å². The van der Waals surface area contributed by atoms with Crippen molar-refractivity contribution in [1.82, 2.24) is 4.31 Å². The SMILES string of the molecule is COc1ccc(S(=O)(=O)N(C)Cc2ccc(SC)c(OC)c2)c(C)c1. The number of methoxy groups -OCH3 is 2. The zero-order chi connectivity index (χ0) is 18.6. The van der Waals surface area contributed by atoms with Crippen LogP contribution in [0.1, 0.15) is 11.1 Å². The predicted molar refractivity (Wildman–Crippen MR) is 101 cm³/mol. The summed E-state index contributed by atoms with van der Waals surface area (Å²) < 4.78 is 37.6. The van der Waals surface area contributed by atoms with Gasteiger partial charge >= 0.3 is 0 Å². The highest BCUT2D eigenvalue weighted by molar-refractivity contribution is 7.98. The Morgan fingerprint density at radius 1 is 1.08 bits per heavy atom.